The molecule has 1 aliphatic carbocycles. The van der Waals surface area contributed by atoms with Gasteiger partial charge in [-0.3, -0.25) is 4.79 Å². The second-order valence-corrected chi connectivity index (χ2v) is 9.12. The summed E-state index contributed by atoms with van der Waals surface area (Å²) in [4.78, 5) is 11.9. The van der Waals surface area contributed by atoms with E-state index in [4.69, 9.17) is 4.74 Å². The van der Waals surface area contributed by atoms with Gasteiger partial charge in [-0.1, -0.05) is 4.40 Å². The van der Waals surface area contributed by atoms with Gasteiger partial charge in [0.2, 0.25) is 0 Å². The van der Waals surface area contributed by atoms with Gasteiger partial charge in [0, 0.05) is 5.92 Å². The third kappa shape index (κ3) is 6.37. The van der Waals surface area contributed by atoms with Gasteiger partial charge in [0.05, 0.1) is 12.0 Å². The summed E-state index contributed by atoms with van der Waals surface area (Å²) in [6, 6.07) is 0. The fourth-order valence-corrected chi connectivity index (χ4v) is 3.17. The number of carbonyl (C=O) groups is 1. The molecule has 134 valence electrons. The highest BCUT2D eigenvalue weighted by Gasteiger charge is 2.36. The maximum Gasteiger partial charge on any atom is 0.309 e. The van der Waals surface area contributed by atoms with Gasteiger partial charge < -0.3 is 9.29 Å². The first-order valence-electron chi connectivity index (χ1n) is 8.01. The zero-order valence-electron chi connectivity index (χ0n) is 14.5. The summed E-state index contributed by atoms with van der Waals surface area (Å²) in [5, 5.41) is 0. The van der Waals surface area contributed by atoms with Crippen LogP contribution in [0.5, 0.6) is 0 Å². The van der Waals surface area contributed by atoms with Crippen LogP contribution in [0.4, 0.5) is 8.78 Å². The number of esters is 1. The van der Waals surface area contributed by atoms with Gasteiger partial charge in [-0.25, -0.2) is 8.78 Å². The SMILES string of the molecule is CC(C)OC(=O)[C@H]1CC[C@H](/C(=N/[S@@+]([O-])C(C)(C)C)C(F)F)CC1. The lowest BCUT2D eigenvalue weighted by atomic mass is 9.80. The Morgan fingerprint density at radius 2 is 1.65 bits per heavy atom. The summed E-state index contributed by atoms with van der Waals surface area (Å²) in [5.74, 6) is -0.905. The molecule has 4 nitrogen and oxygen atoms in total. The average Bonchev–Trinajstić information content (AvgIpc) is 2.42. The van der Waals surface area contributed by atoms with E-state index in [2.05, 4.69) is 4.40 Å². The Bertz CT molecular complexity index is 428. The zero-order chi connectivity index (χ0) is 17.8. The predicted molar refractivity (Wildman–Crippen MR) is 88.0 cm³/mol. The second-order valence-electron chi connectivity index (χ2n) is 7.21. The molecule has 0 aliphatic heterocycles. The first-order valence-corrected chi connectivity index (χ1v) is 9.12. The highest BCUT2D eigenvalue weighted by Crippen LogP contribution is 2.33. The van der Waals surface area contributed by atoms with Crippen LogP contribution in [-0.4, -0.2) is 33.5 Å². The van der Waals surface area contributed by atoms with Crippen LogP contribution in [0.1, 0.15) is 60.3 Å². The first-order chi connectivity index (χ1) is 10.5. The average molecular weight is 351 g/mol. The monoisotopic (exact) mass is 351 g/mol. The van der Waals surface area contributed by atoms with E-state index < -0.39 is 28.5 Å². The molecule has 23 heavy (non-hydrogen) atoms. The molecule has 0 unspecified atom stereocenters. The number of hydrogen-bond acceptors (Lipinski definition) is 4. The van der Waals surface area contributed by atoms with E-state index in [0.29, 0.717) is 25.7 Å². The van der Waals surface area contributed by atoms with Crippen LogP contribution in [-0.2, 0) is 20.9 Å². The maximum atomic E-state index is 13.3. The van der Waals surface area contributed by atoms with E-state index in [1.807, 2.05) is 0 Å². The van der Waals surface area contributed by atoms with Crippen LogP contribution in [0.15, 0.2) is 4.40 Å². The third-order valence-electron chi connectivity index (χ3n) is 3.77. The molecule has 1 rings (SSSR count). The summed E-state index contributed by atoms with van der Waals surface area (Å²) in [5.41, 5.74) is -0.283. The van der Waals surface area contributed by atoms with Crippen molar-refractivity contribution in [3.05, 3.63) is 0 Å². The van der Waals surface area contributed by atoms with Crippen molar-refractivity contribution in [2.45, 2.75) is 77.6 Å². The molecule has 1 atom stereocenters. The molecule has 0 N–H and O–H groups in total. The van der Waals surface area contributed by atoms with Gasteiger partial charge in [0.25, 0.3) is 6.43 Å². The number of halogens is 2. The molecule has 1 fully saturated rings. The molecule has 0 spiro atoms. The molecule has 0 radical (unpaired) electrons. The van der Waals surface area contributed by atoms with E-state index in [9.17, 15) is 18.1 Å². The van der Waals surface area contributed by atoms with Crippen molar-refractivity contribution >= 4 is 23.0 Å². The molecular formula is C16H27F2NO3S. The lowest BCUT2D eigenvalue weighted by molar-refractivity contribution is -0.153. The quantitative estimate of drug-likeness (QED) is 0.428. The molecule has 1 saturated carbocycles. The summed E-state index contributed by atoms with van der Waals surface area (Å²) >= 11 is -1.70. The van der Waals surface area contributed by atoms with Crippen molar-refractivity contribution in [3.63, 3.8) is 0 Å². The van der Waals surface area contributed by atoms with Gasteiger partial charge in [-0.05, 0) is 60.3 Å². The van der Waals surface area contributed by atoms with Crippen LogP contribution < -0.4 is 0 Å². The van der Waals surface area contributed by atoms with Crippen LogP contribution in [0, 0.1) is 11.8 Å². The molecule has 1 aliphatic rings. The molecule has 0 aromatic heterocycles. The van der Waals surface area contributed by atoms with E-state index in [1.165, 1.54) is 0 Å². The Kier molecular flexibility index (Phi) is 7.45. The summed E-state index contributed by atoms with van der Waals surface area (Å²) in [6.45, 7) is 8.68. The molecule has 0 aromatic rings. The Hall–Kier alpha value is -0.690. The fraction of sp³-hybridized carbons (Fsp3) is 0.875. The lowest BCUT2D eigenvalue weighted by Gasteiger charge is -2.28. The number of carbonyl (C=O) groups excluding carboxylic acids is 1. The zero-order valence-corrected chi connectivity index (χ0v) is 15.3. The smallest absolute Gasteiger partial charge is 0.309 e. The first kappa shape index (κ1) is 20.4. The topological polar surface area (TPSA) is 61.7 Å². The minimum absolute atomic E-state index is 0.174. The van der Waals surface area contributed by atoms with Gasteiger partial charge >= 0.3 is 5.97 Å². The third-order valence-corrected chi connectivity index (χ3v) is 5.19. The number of nitrogens with zero attached hydrogens (tertiary/aromatic N) is 1. The molecular weight excluding hydrogens is 324 g/mol. The van der Waals surface area contributed by atoms with Crippen LogP contribution in [0.25, 0.3) is 0 Å². The van der Waals surface area contributed by atoms with Crippen molar-refractivity contribution in [3.8, 4) is 0 Å². The Morgan fingerprint density at radius 1 is 1.17 bits per heavy atom. The minimum Gasteiger partial charge on any atom is -0.591 e. The van der Waals surface area contributed by atoms with Crippen LogP contribution >= 0.6 is 0 Å². The minimum atomic E-state index is -2.72. The van der Waals surface area contributed by atoms with Crippen LogP contribution in [0.3, 0.4) is 0 Å². The summed E-state index contributed by atoms with van der Waals surface area (Å²) in [6.07, 6.45) is -0.989. The van der Waals surface area contributed by atoms with E-state index in [1.54, 1.807) is 34.6 Å². The van der Waals surface area contributed by atoms with Crippen molar-refractivity contribution < 1.29 is 22.9 Å². The largest absolute Gasteiger partial charge is 0.591 e. The Labute approximate surface area is 140 Å². The predicted octanol–water partition coefficient (Wildman–Crippen LogP) is 3.91. The molecule has 0 bridgehead atoms. The van der Waals surface area contributed by atoms with Crippen molar-refractivity contribution in [1.29, 1.82) is 0 Å². The Balaban J connectivity index is 2.72. The molecule has 7 heteroatoms. The molecule has 0 heterocycles. The van der Waals surface area contributed by atoms with Gasteiger partial charge in [-0.2, -0.15) is 0 Å². The normalized spacial score (nSPS) is 24.9. The van der Waals surface area contributed by atoms with Crippen LogP contribution in [0.2, 0.25) is 0 Å². The Morgan fingerprint density at radius 3 is 2.04 bits per heavy atom. The molecule has 0 amide bonds. The van der Waals surface area contributed by atoms with E-state index >= 15 is 0 Å². The highest BCUT2D eigenvalue weighted by atomic mass is 32.2. The van der Waals surface area contributed by atoms with Crippen molar-refractivity contribution in [2.75, 3.05) is 0 Å². The maximum absolute atomic E-state index is 13.3. The second kappa shape index (κ2) is 8.42. The van der Waals surface area contributed by atoms with Crippen molar-refractivity contribution in [1.82, 2.24) is 0 Å². The van der Waals surface area contributed by atoms with Gasteiger partial charge in [0.15, 0.2) is 0 Å². The number of rotatable bonds is 5. The summed E-state index contributed by atoms with van der Waals surface area (Å²) in [7, 11) is 0. The number of ether oxygens (including phenoxy) is 1. The lowest BCUT2D eigenvalue weighted by Crippen LogP contribution is -2.33. The van der Waals surface area contributed by atoms with Gasteiger partial charge in [0.1, 0.15) is 21.8 Å². The number of hydrogen-bond donors (Lipinski definition) is 0. The molecule has 0 aromatic carbocycles. The van der Waals surface area contributed by atoms with E-state index in [0.717, 1.165) is 0 Å². The standard InChI is InChI=1S/C16H27F2NO3S/c1-10(2)22-15(20)12-8-6-11(7-9-12)13(14(17)18)19-23(21)16(3,4)5/h10-12,14H,6-9H2,1-5H3/b19-13-/t11-,12-,23-/m0/s1. The molecule has 0 saturated heterocycles. The number of alkyl halides is 2. The fourth-order valence-electron chi connectivity index (χ4n) is 2.48. The van der Waals surface area contributed by atoms with Gasteiger partial charge in [-0.15, -0.1) is 0 Å². The summed E-state index contributed by atoms with van der Waals surface area (Å²) < 4.78 is 47.0. The van der Waals surface area contributed by atoms with E-state index in [-0.39, 0.29) is 23.7 Å². The highest BCUT2D eigenvalue weighted by molar-refractivity contribution is 7.91. The van der Waals surface area contributed by atoms with Crippen molar-refractivity contribution in [2.24, 2.45) is 16.2 Å².